The van der Waals surface area contributed by atoms with Gasteiger partial charge < -0.3 is 15.6 Å². The first-order valence-electron chi connectivity index (χ1n) is 10.8. The lowest BCUT2D eigenvalue weighted by Gasteiger charge is -2.41. The number of hydrogen-bond donors (Lipinski definition) is 2. The van der Waals surface area contributed by atoms with Crippen LogP contribution in [0.25, 0.3) is 22.2 Å². The summed E-state index contributed by atoms with van der Waals surface area (Å²) in [5, 5.41) is 1.65. The van der Waals surface area contributed by atoms with Crippen molar-refractivity contribution in [2.75, 3.05) is 4.90 Å². The molecule has 0 bridgehead atoms. The summed E-state index contributed by atoms with van der Waals surface area (Å²) in [4.78, 5) is 15.1. The summed E-state index contributed by atoms with van der Waals surface area (Å²) in [6.45, 7) is 0. The molecule has 2 aliphatic carbocycles. The van der Waals surface area contributed by atoms with Gasteiger partial charge in [0.15, 0.2) is 0 Å². The SMILES string of the molecule is NC1CCCC(N(c2cc(-c3c[nH]c4ncccc34)cc(Cl)n2)C2CCCC2)C1. The van der Waals surface area contributed by atoms with Gasteiger partial charge in [-0.2, -0.15) is 0 Å². The Morgan fingerprint density at radius 2 is 1.90 bits per heavy atom. The van der Waals surface area contributed by atoms with Crippen LogP contribution in [0.1, 0.15) is 51.4 Å². The van der Waals surface area contributed by atoms with E-state index in [1.54, 1.807) is 0 Å². The largest absolute Gasteiger partial charge is 0.351 e. The molecule has 2 unspecified atom stereocenters. The van der Waals surface area contributed by atoms with E-state index in [1.165, 1.54) is 38.5 Å². The van der Waals surface area contributed by atoms with Gasteiger partial charge in [-0.25, -0.2) is 9.97 Å². The zero-order chi connectivity index (χ0) is 19.8. The number of aromatic amines is 1. The summed E-state index contributed by atoms with van der Waals surface area (Å²) in [5.74, 6) is 0.997. The maximum absolute atomic E-state index is 6.55. The Morgan fingerprint density at radius 3 is 2.72 bits per heavy atom. The van der Waals surface area contributed by atoms with E-state index in [0.717, 1.165) is 40.8 Å². The number of halogens is 1. The third-order valence-electron chi connectivity index (χ3n) is 6.61. The monoisotopic (exact) mass is 409 g/mol. The molecule has 0 saturated heterocycles. The molecule has 0 aliphatic heterocycles. The molecule has 2 aliphatic rings. The van der Waals surface area contributed by atoms with Crippen LogP contribution in [0.4, 0.5) is 5.82 Å². The van der Waals surface area contributed by atoms with Crippen molar-refractivity contribution in [3.8, 4) is 11.1 Å². The average Bonchev–Trinajstić information content (AvgIpc) is 3.38. The van der Waals surface area contributed by atoms with E-state index in [0.29, 0.717) is 17.2 Å². The van der Waals surface area contributed by atoms with E-state index in [4.69, 9.17) is 22.3 Å². The van der Waals surface area contributed by atoms with Crippen molar-refractivity contribution in [2.24, 2.45) is 5.73 Å². The fourth-order valence-corrected chi connectivity index (χ4v) is 5.48. The second kappa shape index (κ2) is 7.96. The fourth-order valence-electron chi connectivity index (χ4n) is 5.27. The highest BCUT2D eigenvalue weighted by atomic mass is 35.5. The van der Waals surface area contributed by atoms with Gasteiger partial charge in [-0.3, -0.25) is 0 Å². The highest BCUT2D eigenvalue weighted by molar-refractivity contribution is 6.29. The Labute approximate surface area is 176 Å². The van der Waals surface area contributed by atoms with Gasteiger partial charge in [0.2, 0.25) is 0 Å². The van der Waals surface area contributed by atoms with Crippen LogP contribution in [0.5, 0.6) is 0 Å². The maximum atomic E-state index is 6.55. The standard InChI is InChI=1S/C23H28ClN5/c24-21-11-15(20-14-27-23-19(20)9-4-10-26-23)12-22(28-21)29(17-6-1-2-7-17)18-8-3-5-16(25)13-18/h4,9-12,14,16-18H,1-3,5-8,13,25H2,(H,26,27). The van der Waals surface area contributed by atoms with Crippen LogP contribution in [0.3, 0.4) is 0 Å². The van der Waals surface area contributed by atoms with E-state index in [-0.39, 0.29) is 6.04 Å². The molecule has 2 fully saturated rings. The fraction of sp³-hybridized carbons (Fsp3) is 0.478. The number of pyridine rings is 2. The Morgan fingerprint density at radius 1 is 1.07 bits per heavy atom. The zero-order valence-corrected chi connectivity index (χ0v) is 17.4. The summed E-state index contributed by atoms with van der Waals surface area (Å²) in [6.07, 6.45) is 13.4. The molecule has 0 aromatic carbocycles. The summed E-state index contributed by atoms with van der Waals surface area (Å²) in [7, 11) is 0. The molecule has 3 heterocycles. The minimum Gasteiger partial charge on any atom is -0.351 e. The first-order valence-corrected chi connectivity index (χ1v) is 11.2. The van der Waals surface area contributed by atoms with E-state index in [1.807, 2.05) is 24.5 Å². The Hall–Kier alpha value is -2.11. The van der Waals surface area contributed by atoms with E-state index < -0.39 is 0 Å². The van der Waals surface area contributed by atoms with Crippen molar-refractivity contribution in [3.05, 3.63) is 41.8 Å². The molecule has 5 nitrogen and oxygen atoms in total. The van der Waals surface area contributed by atoms with Crippen molar-refractivity contribution in [2.45, 2.75) is 69.5 Å². The Balaban J connectivity index is 1.57. The van der Waals surface area contributed by atoms with E-state index >= 15 is 0 Å². The molecule has 29 heavy (non-hydrogen) atoms. The summed E-state index contributed by atoms with van der Waals surface area (Å²) >= 11 is 6.55. The molecule has 3 aromatic heterocycles. The summed E-state index contributed by atoms with van der Waals surface area (Å²) in [5.41, 5.74) is 9.45. The van der Waals surface area contributed by atoms with Crippen molar-refractivity contribution >= 4 is 28.5 Å². The lowest BCUT2D eigenvalue weighted by Crippen LogP contribution is -2.47. The lowest BCUT2D eigenvalue weighted by molar-refractivity contribution is 0.351. The Bertz CT molecular complexity index is 994. The number of nitrogens with zero attached hydrogens (tertiary/aromatic N) is 3. The number of aromatic nitrogens is 3. The number of fused-ring (bicyclic) bond motifs is 1. The van der Waals surface area contributed by atoms with Gasteiger partial charge in [0.1, 0.15) is 16.6 Å². The van der Waals surface area contributed by atoms with Gasteiger partial charge in [0, 0.05) is 41.5 Å². The summed E-state index contributed by atoms with van der Waals surface area (Å²) in [6, 6.07) is 9.50. The minimum atomic E-state index is 0.288. The normalized spacial score (nSPS) is 23.0. The lowest BCUT2D eigenvalue weighted by atomic mass is 9.89. The molecular formula is C23H28ClN5. The van der Waals surface area contributed by atoms with Crippen LogP contribution >= 0.6 is 11.6 Å². The molecule has 3 aromatic rings. The van der Waals surface area contributed by atoms with Gasteiger partial charge in [0.05, 0.1) is 0 Å². The van der Waals surface area contributed by atoms with Gasteiger partial charge >= 0.3 is 0 Å². The molecular weight excluding hydrogens is 382 g/mol. The second-order valence-corrected chi connectivity index (χ2v) is 8.95. The number of H-pyrrole nitrogens is 1. The van der Waals surface area contributed by atoms with Crippen LogP contribution in [-0.2, 0) is 0 Å². The molecule has 0 radical (unpaired) electrons. The minimum absolute atomic E-state index is 0.288. The van der Waals surface area contributed by atoms with Gasteiger partial charge in [0.25, 0.3) is 0 Å². The van der Waals surface area contributed by atoms with Gasteiger partial charge in [-0.15, -0.1) is 0 Å². The van der Waals surface area contributed by atoms with Crippen molar-refractivity contribution < 1.29 is 0 Å². The highest BCUT2D eigenvalue weighted by Crippen LogP contribution is 2.37. The molecule has 3 N–H and O–H groups in total. The van der Waals surface area contributed by atoms with Gasteiger partial charge in [-0.05, 0) is 68.4 Å². The quantitative estimate of drug-likeness (QED) is 0.574. The Kier molecular flexibility index (Phi) is 5.18. The van der Waals surface area contributed by atoms with Crippen molar-refractivity contribution in [1.29, 1.82) is 0 Å². The van der Waals surface area contributed by atoms with Crippen LogP contribution < -0.4 is 10.6 Å². The number of nitrogens with two attached hydrogens (primary N) is 1. The van der Waals surface area contributed by atoms with Crippen LogP contribution in [0.2, 0.25) is 5.15 Å². The molecule has 5 rings (SSSR count). The van der Waals surface area contributed by atoms with Crippen LogP contribution in [0.15, 0.2) is 36.7 Å². The molecule has 0 amide bonds. The van der Waals surface area contributed by atoms with Crippen LogP contribution in [-0.4, -0.2) is 33.1 Å². The molecule has 2 atom stereocenters. The molecule has 0 spiro atoms. The average molecular weight is 410 g/mol. The molecule has 6 heteroatoms. The number of anilines is 1. The number of rotatable bonds is 4. The van der Waals surface area contributed by atoms with E-state index in [2.05, 4.69) is 27.0 Å². The predicted molar refractivity (Wildman–Crippen MR) is 119 cm³/mol. The smallest absolute Gasteiger partial charge is 0.137 e. The first-order chi connectivity index (χ1) is 14.2. The third-order valence-corrected chi connectivity index (χ3v) is 6.80. The zero-order valence-electron chi connectivity index (χ0n) is 16.6. The molecule has 2 saturated carbocycles. The first kappa shape index (κ1) is 18.9. The van der Waals surface area contributed by atoms with Crippen molar-refractivity contribution in [1.82, 2.24) is 15.0 Å². The topological polar surface area (TPSA) is 70.8 Å². The molecule has 152 valence electrons. The van der Waals surface area contributed by atoms with E-state index in [9.17, 15) is 0 Å². The predicted octanol–water partition coefficient (Wildman–Crippen LogP) is 5.30. The number of nitrogens with one attached hydrogen (secondary N) is 1. The highest BCUT2D eigenvalue weighted by Gasteiger charge is 2.33. The second-order valence-electron chi connectivity index (χ2n) is 8.56. The van der Waals surface area contributed by atoms with Crippen LogP contribution in [0, 0.1) is 0 Å². The van der Waals surface area contributed by atoms with Crippen molar-refractivity contribution in [3.63, 3.8) is 0 Å². The maximum Gasteiger partial charge on any atom is 0.137 e. The third kappa shape index (κ3) is 3.74. The number of hydrogen-bond acceptors (Lipinski definition) is 4. The summed E-state index contributed by atoms with van der Waals surface area (Å²) < 4.78 is 0. The van der Waals surface area contributed by atoms with Gasteiger partial charge in [-0.1, -0.05) is 24.4 Å².